The third-order valence-corrected chi connectivity index (χ3v) is 7.03. The van der Waals surface area contributed by atoms with E-state index in [1.54, 1.807) is 18.2 Å². The van der Waals surface area contributed by atoms with Gasteiger partial charge in [0.2, 0.25) is 5.82 Å². The van der Waals surface area contributed by atoms with Crippen molar-refractivity contribution < 1.29 is 22.7 Å². The van der Waals surface area contributed by atoms with E-state index in [0.29, 0.717) is 36.8 Å². The van der Waals surface area contributed by atoms with Gasteiger partial charge in [-0.25, -0.2) is 8.78 Å². The molecule has 0 amide bonds. The largest absolute Gasteiger partial charge is 0.423 e. The maximum Gasteiger partial charge on any atom is 0.314 e. The highest BCUT2D eigenvalue weighted by Gasteiger charge is 2.30. The highest BCUT2D eigenvalue weighted by Crippen LogP contribution is 2.38. The topological polar surface area (TPSA) is 26.3 Å². The van der Waals surface area contributed by atoms with Crippen LogP contribution in [0.1, 0.15) is 68.6 Å². The summed E-state index contributed by atoms with van der Waals surface area (Å²) in [6.45, 7) is 4.08. The Labute approximate surface area is 205 Å². The number of hydrogen-bond donors (Lipinski definition) is 0. The number of benzene rings is 3. The zero-order valence-corrected chi connectivity index (χ0v) is 20.3. The van der Waals surface area contributed by atoms with Crippen LogP contribution in [-0.4, -0.2) is 5.97 Å². The third-order valence-electron chi connectivity index (χ3n) is 7.03. The number of aryl methyl sites for hydroxylation is 2. The molecule has 0 radical (unpaired) electrons. The van der Waals surface area contributed by atoms with E-state index in [9.17, 15) is 18.0 Å². The predicted octanol–water partition coefficient (Wildman–Crippen LogP) is 8.17. The molecular weight excluding hydrogens is 449 g/mol. The molecule has 0 unspecified atom stereocenters. The van der Waals surface area contributed by atoms with Crippen LogP contribution in [0.25, 0.3) is 11.1 Å². The summed E-state index contributed by atoms with van der Waals surface area (Å²) < 4.78 is 49.4. The lowest BCUT2D eigenvalue weighted by molar-refractivity contribution is -0.140. The molecule has 1 aliphatic rings. The van der Waals surface area contributed by atoms with Crippen LogP contribution in [-0.2, 0) is 17.6 Å². The summed E-state index contributed by atoms with van der Waals surface area (Å²) in [6.07, 6.45) is 5.00. The molecule has 5 heteroatoms. The van der Waals surface area contributed by atoms with Crippen LogP contribution < -0.4 is 4.74 Å². The summed E-state index contributed by atoms with van der Waals surface area (Å²) in [5.41, 5.74) is 3.46. The van der Waals surface area contributed by atoms with Crippen molar-refractivity contribution in [3.8, 4) is 16.9 Å². The highest BCUT2D eigenvalue weighted by molar-refractivity contribution is 5.76. The van der Waals surface area contributed by atoms with Crippen LogP contribution >= 0.6 is 0 Å². The normalized spacial score (nSPS) is 17.9. The molecule has 0 spiro atoms. The van der Waals surface area contributed by atoms with E-state index in [4.69, 9.17) is 4.74 Å². The van der Waals surface area contributed by atoms with Crippen molar-refractivity contribution in [1.82, 2.24) is 0 Å². The standard InChI is InChI=1S/C30H31F3O2/c1-3-5-20-8-15-24(26(31)18-20)21-11-13-23(14-12-21)30(34)35-27-17-16-25(28(32)29(27)33)22-9-6-19(4-2)7-10-22/h6-10,15-18,21,23H,3-5,11-14H2,1-2H3. The second-order valence-electron chi connectivity index (χ2n) is 9.37. The monoisotopic (exact) mass is 480 g/mol. The fourth-order valence-corrected chi connectivity index (χ4v) is 4.93. The van der Waals surface area contributed by atoms with E-state index in [0.717, 1.165) is 30.4 Å². The van der Waals surface area contributed by atoms with Gasteiger partial charge in [-0.15, -0.1) is 0 Å². The maximum absolute atomic E-state index is 14.8. The van der Waals surface area contributed by atoms with Gasteiger partial charge in [0.15, 0.2) is 11.6 Å². The van der Waals surface area contributed by atoms with Gasteiger partial charge in [-0.1, -0.05) is 56.7 Å². The minimum absolute atomic E-state index is 0.0438. The first-order valence-corrected chi connectivity index (χ1v) is 12.5. The molecule has 0 saturated heterocycles. The number of carbonyl (C=O) groups excluding carboxylic acids is 1. The molecule has 0 bridgehead atoms. The van der Waals surface area contributed by atoms with Crippen LogP contribution in [0.4, 0.5) is 13.2 Å². The Morgan fingerprint density at radius 1 is 0.857 bits per heavy atom. The second-order valence-corrected chi connectivity index (χ2v) is 9.37. The van der Waals surface area contributed by atoms with Crippen LogP contribution in [0.2, 0.25) is 0 Å². The number of rotatable bonds is 7. The van der Waals surface area contributed by atoms with E-state index < -0.39 is 29.3 Å². The summed E-state index contributed by atoms with van der Waals surface area (Å²) in [5.74, 6) is -3.74. The molecule has 1 saturated carbocycles. The lowest BCUT2D eigenvalue weighted by Crippen LogP contribution is -2.25. The molecule has 0 heterocycles. The van der Waals surface area contributed by atoms with Gasteiger partial charge in [-0.05, 0) is 84.9 Å². The molecule has 2 nitrogen and oxygen atoms in total. The average Bonchev–Trinajstić information content (AvgIpc) is 2.87. The summed E-state index contributed by atoms with van der Waals surface area (Å²) in [4.78, 5) is 12.7. The molecule has 1 aliphatic carbocycles. The first-order valence-electron chi connectivity index (χ1n) is 12.5. The van der Waals surface area contributed by atoms with Crippen LogP contribution in [0.15, 0.2) is 54.6 Å². The Hall–Kier alpha value is -3.08. The molecule has 3 aromatic carbocycles. The van der Waals surface area contributed by atoms with Gasteiger partial charge >= 0.3 is 5.97 Å². The number of esters is 1. The van der Waals surface area contributed by atoms with Gasteiger partial charge in [0.25, 0.3) is 0 Å². The Morgan fingerprint density at radius 3 is 2.17 bits per heavy atom. The maximum atomic E-state index is 14.8. The Balaban J connectivity index is 1.39. The molecule has 184 valence electrons. The van der Waals surface area contributed by atoms with Crippen molar-refractivity contribution in [2.45, 2.75) is 64.7 Å². The smallest absolute Gasteiger partial charge is 0.314 e. The minimum atomic E-state index is -1.17. The molecular formula is C30H31F3O2. The second kappa shape index (κ2) is 11.1. The van der Waals surface area contributed by atoms with Crippen LogP contribution in [0.5, 0.6) is 5.75 Å². The molecule has 3 aromatic rings. The Bertz CT molecular complexity index is 1180. The average molecular weight is 481 g/mol. The highest BCUT2D eigenvalue weighted by atomic mass is 19.2. The molecule has 0 N–H and O–H groups in total. The van der Waals surface area contributed by atoms with Crippen molar-refractivity contribution >= 4 is 5.97 Å². The van der Waals surface area contributed by atoms with Gasteiger partial charge in [-0.2, -0.15) is 4.39 Å². The summed E-state index contributed by atoms with van der Waals surface area (Å²) in [5, 5.41) is 0. The molecule has 35 heavy (non-hydrogen) atoms. The summed E-state index contributed by atoms with van der Waals surface area (Å²) in [6, 6.07) is 15.4. The number of ether oxygens (including phenoxy) is 1. The zero-order valence-electron chi connectivity index (χ0n) is 20.3. The Morgan fingerprint density at radius 2 is 1.54 bits per heavy atom. The molecule has 0 aliphatic heterocycles. The van der Waals surface area contributed by atoms with E-state index in [-0.39, 0.29) is 17.3 Å². The fourth-order valence-electron chi connectivity index (χ4n) is 4.93. The third kappa shape index (κ3) is 5.61. The van der Waals surface area contributed by atoms with Gasteiger partial charge in [0.1, 0.15) is 5.82 Å². The fraction of sp³-hybridized carbons (Fsp3) is 0.367. The Kier molecular flexibility index (Phi) is 7.94. The first kappa shape index (κ1) is 25.0. The van der Waals surface area contributed by atoms with Gasteiger partial charge in [0.05, 0.1) is 5.92 Å². The lowest BCUT2D eigenvalue weighted by Gasteiger charge is -2.28. The van der Waals surface area contributed by atoms with E-state index in [1.165, 1.54) is 12.1 Å². The SMILES string of the molecule is CCCc1ccc(C2CCC(C(=O)Oc3ccc(-c4ccc(CC)cc4)c(F)c3F)CC2)c(F)c1. The number of halogens is 3. The number of carbonyl (C=O) groups is 1. The molecule has 0 aromatic heterocycles. The van der Waals surface area contributed by atoms with Crippen molar-refractivity contribution in [3.05, 3.63) is 88.7 Å². The van der Waals surface area contributed by atoms with E-state index in [1.807, 2.05) is 31.2 Å². The minimum Gasteiger partial charge on any atom is -0.423 e. The number of hydrogen-bond acceptors (Lipinski definition) is 2. The molecule has 4 rings (SSSR count). The molecule has 0 atom stereocenters. The van der Waals surface area contributed by atoms with Gasteiger partial charge in [-0.3, -0.25) is 4.79 Å². The van der Waals surface area contributed by atoms with Crippen molar-refractivity contribution in [2.75, 3.05) is 0 Å². The zero-order chi connectivity index (χ0) is 24.9. The van der Waals surface area contributed by atoms with E-state index >= 15 is 0 Å². The van der Waals surface area contributed by atoms with Crippen molar-refractivity contribution in [2.24, 2.45) is 5.92 Å². The van der Waals surface area contributed by atoms with Crippen LogP contribution in [0.3, 0.4) is 0 Å². The van der Waals surface area contributed by atoms with Gasteiger partial charge < -0.3 is 4.74 Å². The predicted molar refractivity (Wildman–Crippen MR) is 132 cm³/mol. The summed E-state index contributed by atoms with van der Waals surface area (Å²) >= 11 is 0. The van der Waals surface area contributed by atoms with E-state index in [2.05, 4.69) is 6.92 Å². The summed E-state index contributed by atoms with van der Waals surface area (Å²) in [7, 11) is 0. The first-order chi connectivity index (χ1) is 16.9. The molecule has 1 fully saturated rings. The van der Waals surface area contributed by atoms with Crippen LogP contribution in [0, 0.1) is 23.4 Å². The quantitative estimate of drug-likeness (QED) is 0.252. The lowest BCUT2D eigenvalue weighted by atomic mass is 9.78. The van der Waals surface area contributed by atoms with Crippen molar-refractivity contribution in [3.63, 3.8) is 0 Å². The van der Waals surface area contributed by atoms with Crippen molar-refractivity contribution in [1.29, 1.82) is 0 Å². The van der Waals surface area contributed by atoms with Gasteiger partial charge in [0, 0.05) is 5.56 Å².